The maximum atomic E-state index is 4.69. The first-order chi connectivity index (χ1) is 9.20. The molecule has 3 nitrogen and oxygen atoms in total. The number of hydrogen-bond donors (Lipinski definition) is 1. The van der Waals surface area contributed by atoms with E-state index < -0.39 is 0 Å². The summed E-state index contributed by atoms with van der Waals surface area (Å²) in [6.07, 6.45) is 5.27. The topological polar surface area (TPSA) is 28.2 Å². The molecule has 1 saturated heterocycles. The van der Waals surface area contributed by atoms with Gasteiger partial charge in [0.05, 0.1) is 12.2 Å². The van der Waals surface area contributed by atoms with E-state index >= 15 is 0 Å². The van der Waals surface area contributed by atoms with Crippen molar-refractivity contribution in [1.82, 2.24) is 15.2 Å². The SMILES string of the molecule is CCCNCC1CCCCN1Cc1nc(C)c(C)s1. The first-order valence-electron chi connectivity index (χ1n) is 7.58. The molecule has 19 heavy (non-hydrogen) atoms. The van der Waals surface area contributed by atoms with Crippen LogP contribution < -0.4 is 5.32 Å². The van der Waals surface area contributed by atoms with Crippen LogP contribution in [0, 0.1) is 13.8 Å². The lowest BCUT2D eigenvalue weighted by molar-refractivity contribution is 0.137. The Morgan fingerprint density at radius 2 is 2.21 bits per heavy atom. The molecule has 2 rings (SSSR count). The molecule has 1 fully saturated rings. The molecule has 1 aromatic heterocycles. The third-order valence-electron chi connectivity index (χ3n) is 3.97. The number of aromatic nitrogens is 1. The molecule has 108 valence electrons. The van der Waals surface area contributed by atoms with Gasteiger partial charge in [0.2, 0.25) is 0 Å². The van der Waals surface area contributed by atoms with Crippen LogP contribution in [0.4, 0.5) is 0 Å². The molecule has 0 spiro atoms. The molecule has 0 aromatic carbocycles. The average molecular weight is 281 g/mol. The zero-order valence-corrected chi connectivity index (χ0v) is 13.4. The lowest BCUT2D eigenvalue weighted by Crippen LogP contribution is -2.45. The highest BCUT2D eigenvalue weighted by Crippen LogP contribution is 2.23. The molecular weight excluding hydrogens is 254 g/mol. The second-order valence-electron chi connectivity index (χ2n) is 5.57. The molecule has 0 aliphatic carbocycles. The highest BCUT2D eigenvalue weighted by molar-refractivity contribution is 7.11. The third kappa shape index (κ3) is 4.26. The number of hydrogen-bond acceptors (Lipinski definition) is 4. The second kappa shape index (κ2) is 7.36. The summed E-state index contributed by atoms with van der Waals surface area (Å²) in [5.41, 5.74) is 1.21. The largest absolute Gasteiger partial charge is 0.315 e. The van der Waals surface area contributed by atoms with Crippen molar-refractivity contribution >= 4 is 11.3 Å². The van der Waals surface area contributed by atoms with Gasteiger partial charge in [-0.25, -0.2) is 4.98 Å². The van der Waals surface area contributed by atoms with E-state index in [2.05, 4.69) is 31.0 Å². The monoisotopic (exact) mass is 281 g/mol. The van der Waals surface area contributed by atoms with Crippen molar-refractivity contribution in [2.24, 2.45) is 0 Å². The zero-order valence-electron chi connectivity index (χ0n) is 12.5. The van der Waals surface area contributed by atoms with Crippen LogP contribution in [0.3, 0.4) is 0 Å². The van der Waals surface area contributed by atoms with Gasteiger partial charge in [-0.2, -0.15) is 0 Å². The van der Waals surface area contributed by atoms with Gasteiger partial charge >= 0.3 is 0 Å². The Bertz CT molecular complexity index is 369. The van der Waals surface area contributed by atoms with Gasteiger partial charge in [0.25, 0.3) is 0 Å². The molecule has 0 amide bonds. The summed E-state index contributed by atoms with van der Waals surface area (Å²) in [5.74, 6) is 0. The standard InChI is InChI=1S/C15H27N3S/c1-4-8-16-10-14-7-5-6-9-18(14)11-15-17-12(2)13(3)19-15/h14,16H,4-11H2,1-3H3. The lowest BCUT2D eigenvalue weighted by Gasteiger charge is -2.35. The van der Waals surface area contributed by atoms with Gasteiger partial charge in [-0.15, -0.1) is 11.3 Å². The van der Waals surface area contributed by atoms with Crippen molar-refractivity contribution in [3.05, 3.63) is 15.6 Å². The molecular formula is C15H27N3S. The Morgan fingerprint density at radius 3 is 2.89 bits per heavy atom. The van der Waals surface area contributed by atoms with Crippen LogP contribution in [0.15, 0.2) is 0 Å². The van der Waals surface area contributed by atoms with E-state index in [1.165, 1.54) is 47.8 Å². The van der Waals surface area contributed by atoms with Gasteiger partial charge in [-0.05, 0) is 46.2 Å². The van der Waals surface area contributed by atoms with Crippen LogP contribution in [0.2, 0.25) is 0 Å². The van der Waals surface area contributed by atoms with E-state index in [0.29, 0.717) is 6.04 Å². The number of rotatable bonds is 6. The van der Waals surface area contributed by atoms with Crippen molar-refractivity contribution in [3.63, 3.8) is 0 Å². The Balaban J connectivity index is 1.91. The van der Waals surface area contributed by atoms with Gasteiger partial charge in [0.1, 0.15) is 5.01 Å². The molecule has 0 saturated carbocycles. The minimum absolute atomic E-state index is 0.699. The maximum Gasteiger partial charge on any atom is 0.107 e. The third-order valence-corrected chi connectivity index (χ3v) is 5.02. The van der Waals surface area contributed by atoms with E-state index in [0.717, 1.165) is 19.6 Å². The van der Waals surface area contributed by atoms with Gasteiger partial charge in [0.15, 0.2) is 0 Å². The first kappa shape index (κ1) is 14.9. The summed E-state index contributed by atoms with van der Waals surface area (Å²) >= 11 is 1.87. The maximum absolute atomic E-state index is 4.69. The first-order valence-corrected chi connectivity index (χ1v) is 8.40. The molecule has 0 radical (unpaired) electrons. The quantitative estimate of drug-likeness (QED) is 0.812. The second-order valence-corrected chi connectivity index (χ2v) is 6.86. The van der Waals surface area contributed by atoms with Crippen molar-refractivity contribution in [1.29, 1.82) is 0 Å². The summed E-state index contributed by atoms with van der Waals surface area (Å²) in [6, 6.07) is 0.699. The Kier molecular flexibility index (Phi) is 5.79. The molecule has 1 N–H and O–H groups in total. The minimum Gasteiger partial charge on any atom is -0.315 e. The van der Waals surface area contributed by atoms with Gasteiger partial charge in [-0.1, -0.05) is 13.3 Å². The van der Waals surface area contributed by atoms with E-state index in [4.69, 9.17) is 4.98 Å². The predicted molar refractivity (Wildman–Crippen MR) is 82.8 cm³/mol. The van der Waals surface area contributed by atoms with Crippen molar-refractivity contribution in [2.45, 2.75) is 59.0 Å². The lowest BCUT2D eigenvalue weighted by atomic mass is 10.0. The zero-order chi connectivity index (χ0) is 13.7. The van der Waals surface area contributed by atoms with Crippen LogP contribution in [0.25, 0.3) is 0 Å². The highest BCUT2D eigenvalue weighted by Gasteiger charge is 2.23. The van der Waals surface area contributed by atoms with Gasteiger partial charge < -0.3 is 5.32 Å². The number of aryl methyl sites for hydroxylation is 2. The Hall–Kier alpha value is -0.450. The van der Waals surface area contributed by atoms with E-state index in [1.807, 2.05) is 11.3 Å². The van der Waals surface area contributed by atoms with Crippen molar-refractivity contribution in [3.8, 4) is 0 Å². The molecule has 1 aliphatic rings. The summed E-state index contributed by atoms with van der Waals surface area (Å²) in [7, 11) is 0. The van der Waals surface area contributed by atoms with Crippen molar-refractivity contribution in [2.75, 3.05) is 19.6 Å². The number of nitrogens with one attached hydrogen (secondary N) is 1. The van der Waals surface area contributed by atoms with E-state index in [9.17, 15) is 0 Å². The molecule has 1 unspecified atom stereocenters. The Morgan fingerprint density at radius 1 is 1.37 bits per heavy atom. The smallest absolute Gasteiger partial charge is 0.107 e. The van der Waals surface area contributed by atoms with Crippen LogP contribution in [0.5, 0.6) is 0 Å². The van der Waals surface area contributed by atoms with Crippen molar-refractivity contribution < 1.29 is 0 Å². The fourth-order valence-corrected chi connectivity index (χ4v) is 3.69. The fourth-order valence-electron chi connectivity index (χ4n) is 2.73. The number of thiazole rings is 1. The van der Waals surface area contributed by atoms with Crippen LogP contribution in [-0.4, -0.2) is 35.6 Å². The molecule has 1 aliphatic heterocycles. The fraction of sp³-hybridized carbons (Fsp3) is 0.800. The van der Waals surface area contributed by atoms with Gasteiger partial charge in [-0.3, -0.25) is 4.90 Å². The van der Waals surface area contributed by atoms with E-state index in [1.54, 1.807) is 0 Å². The van der Waals surface area contributed by atoms with Gasteiger partial charge in [0, 0.05) is 17.5 Å². The molecule has 0 bridgehead atoms. The normalized spacial score (nSPS) is 20.9. The number of likely N-dealkylation sites (tertiary alicyclic amines) is 1. The predicted octanol–water partition coefficient (Wildman–Crippen LogP) is 3.11. The molecule has 4 heteroatoms. The van der Waals surface area contributed by atoms with Crippen LogP contribution >= 0.6 is 11.3 Å². The summed E-state index contributed by atoms with van der Waals surface area (Å²) in [6.45, 7) is 11.1. The summed E-state index contributed by atoms with van der Waals surface area (Å²) < 4.78 is 0. The van der Waals surface area contributed by atoms with Crippen LogP contribution in [-0.2, 0) is 6.54 Å². The van der Waals surface area contributed by atoms with E-state index in [-0.39, 0.29) is 0 Å². The molecule has 1 aromatic rings. The number of piperidine rings is 1. The highest BCUT2D eigenvalue weighted by atomic mass is 32.1. The summed E-state index contributed by atoms with van der Waals surface area (Å²) in [4.78, 5) is 8.69. The molecule has 1 atom stereocenters. The van der Waals surface area contributed by atoms with Crippen LogP contribution in [0.1, 0.15) is 48.2 Å². The minimum atomic E-state index is 0.699. The molecule has 2 heterocycles. The Labute approximate surface area is 121 Å². The summed E-state index contributed by atoms with van der Waals surface area (Å²) in [5, 5.41) is 4.87. The number of nitrogens with zero attached hydrogens (tertiary/aromatic N) is 2. The average Bonchev–Trinajstić information content (AvgIpc) is 2.71.